The van der Waals surface area contributed by atoms with E-state index in [4.69, 9.17) is 4.74 Å². The van der Waals surface area contributed by atoms with Crippen molar-refractivity contribution in [3.63, 3.8) is 0 Å². The fraction of sp³-hybridized carbons (Fsp3) is 0.211. The van der Waals surface area contributed by atoms with Crippen LogP contribution in [-0.2, 0) is 0 Å². The Hall–Kier alpha value is -2.75. The quantitative estimate of drug-likeness (QED) is 0.721. The Bertz CT molecular complexity index is 836. The van der Waals surface area contributed by atoms with Crippen molar-refractivity contribution >= 4 is 23.2 Å². The molecule has 4 nitrogen and oxygen atoms in total. The van der Waals surface area contributed by atoms with E-state index in [9.17, 15) is 0 Å². The number of nitrogens with zero attached hydrogens (tertiary/aromatic N) is 3. The number of aromatic nitrogens is 3. The molecular formula is C19H19N3O. The Morgan fingerprint density at radius 1 is 0.913 bits per heavy atom. The van der Waals surface area contributed by atoms with Gasteiger partial charge in [-0.1, -0.05) is 24.3 Å². The molecule has 0 aliphatic rings. The van der Waals surface area contributed by atoms with E-state index in [2.05, 4.69) is 15.0 Å². The molecule has 0 unspecified atom stereocenters. The van der Waals surface area contributed by atoms with Crippen molar-refractivity contribution in [3.05, 3.63) is 60.0 Å². The molecule has 0 amide bonds. The van der Waals surface area contributed by atoms with Crippen LogP contribution in [0.5, 0.6) is 5.88 Å². The van der Waals surface area contributed by atoms with Crippen LogP contribution >= 0.6 is 0 Å². The number of hydrogen-bond donors (Lipinski definition) is 0. The molecule has 0 saturated heterocycles. The highest BCUT2D eigenvalue weighted by Crippen LogP contribution is 2.24. The van der Waals surface area contributed by atoms with Gasteiger partial charge in [0.15, 0.2) is 0 Å². The Balaban J connectivity index is 2.05. The van der Waals surface area contributed by atoms with Crippen molar-refractivity contribution in [2.24, 2.45) is 0 Å². The van der Waals surface area contributed by atoms with E-state index in [1.165, 1.54) is 0 Å². The van der Waals surface area contributed by atoms with Gasteiger partial charge in [-0.2, -0.15) is 0 Å². The summed E-state index contributed by atoms with van der Waals surface area (Å²) in [5.74, 6) is 0.538. The second-order valence-corrected chi connectivity index (χ2v) is 6.24. The summed E-state index contributed by atoms with van der Waals surface area (Å²) >= 11 is 0. The molecule has 0 spiro atoms. The van der Waals surface area contributed by atoms with Gasteiger partial charge in [-0.05, 0) is 50.6 Å². The van der Waals surface area contributed by atoms with E-state index in [0.717, 1.165) is 16.6 Å². The summed E-state index contributed by atoms with van der Waals surface area (Å²) in [7, 11) is 0. The molecule has 0 aliphatic carbocycles. The minimum atomic E-state index is -0.339. The van der Waals surface area contributed by atoms with E-state index in [1.54, 1.807) is 12.4 Å². The molecular weight excluding hydrogens is 286 g/mol. The molecule has 0 atom stereocenters. The van der Waals surface area contributed by atoms with Crippen LogP contribution in [0.3, 0.4) is 0 Å². The monoisotopic (exact) mass is 305 g/mol. The van der Waals surface area contributed by atoms with Gasteiger partial charge in [0, 0.05) is 12.4 Å². The van der Waals surface area contributed by atoms with Crippen LogP contribution in [0.2, 0.25) is 0 Å². The van der Waals surface area contributed by atoms with Crippen LogP contribution in [0.1, 0.15) is 32.0 Å². The summed E-state index contributed by atoms with van der Waals surface area (Å²) in [6.07, 6.45) is 7.43. The lowest BCUT2D eigenvalue weighted by Crippen LogP contribution is -2.24. The normalized spacial score (nSPS) is 12.0. The summed E-state index contributed by atoms with van der Waals surface area (Å²) in [5.41, 5.74) is 3.05. The minimum Gasteiger partial charge on any atom is -0.470 e. The van der Waals surface area contributed by atoms with Crippen molar-refractivity contribution in [1.82, 2.24) is 15.0 Å². The van der Waals surface area contributed by atoms with Crippen molar-refractivity contribution in [2.75, 3.05) is 0 Å². The number of benzene rings is 1. The molecule has 0 bridgehead atoms. The fourth-order valence-electron chi connectivity index (χ4n) is 2.12. The highest BCUT2D eigenvalue weighted by molar-refractivity contribution is 5.78. The van der Waals surface area contributed by atoms with Crippen molar-refractivity contribution < 1.29 is 4.74 Å². The third-order valence-corrected chi connectivity index (χ3v) is 3.08. The van der Waals surface area contributed by atoms with Crippen molar-refractivity contribution in [2.45, 2.75) is 26.4 Å². The third-order valence-electron chi connectivity index (χ3n) is 3.08. The smallest absolute Gasteiger partial charge is 0.241 e. The molecule has 0 saturated carbocycles. The Morgan fingerprint density at radius 2 is 1.65 bits per heavy atom. The molecule has 2 heterocycles. The molecule has 3 rings (SSSR count). The second-order valence-electron chi connectivity index (χ2n) is 6.24. The molecule has 3 aromatic rings. The average Bonchev–Trinajstić information content (AvgIpc) is 2.52. The van der Waals surface area contributed by atoms with Gasteiger partial charge in [0.1, 0.15) is 11.3 Å². The minimum absolute atomic E-state index is 0.339. The van der Waals surface area contributed by atoms with E-state index < -0.39 is 0 Å². The number of para-hydroxylation sites is 2. The van der Waals surface area contributed by atoms with Gasteiger partial charge in [-0.25, -0.2) is 9.97 Å². The van der Waals surface area contributed by atoms with Crippen molar-refractivity contribution in [1.29, 1.82) is 0 Å². The lowest BCUT2D eigenvalue weighted by atomic mass is 10.2. The highest BCUT2D eigenvalue weighted by atomic mass is 16.5. The number of fused-ring (bicyclic) bond motifs is 1. The maximum atomic E-state index is 5.99. The van der Waals surface area contributed by atoms with Crippen LogP contribution in [0.4, 0.5) is 0 Å². The molecule has 23 heavy (non-hydrogen) atoms. The van der Waals surface area contributed by atoms with Gasteiger partial charge >= 0.3 is 0 Å². The molecule has 116 valence electrons. The number of ether oxygens (including phenoxy) is 1. The predicted molar refractivity (Wildman–Crippen MR) is 93.1 cm³/mol. The number of hydrogen-bond acceptors (Lipinski definition) is 4. The first-order valence-electron chi connectivity index (χ1n) is 7.55. The lowest BCUT2D eigenvalue weighted by molar-refractivity contribution is 0.123. The molecule has 2 aromatic heterocycles. The maximum Gasteiger partial charge on any atom is 0.241 e. The SMILES string of the molecule is CC(C)(C)Oc1nc2ccccc2nc1/C=C/c1cccnc1. The van der Waals surface area contributed by atoms with Gasteiger partial charge in [-0.15, -0.1) is 0 Å². The van der Waals surface area contributed by atoms with Gasteiger partial charge in [0.2, 0.25) is 5.88 Å². The van der Waals surface area contributed by atoms with Crippen LogP contribution in [0.25, 0.3) is 23.2 Å². The zero-order chi connectivity index (χ0) is 16.3. The summed E-state index contributed by atoms with van der Waals surface area (Å²) in [5, 5.41) is 0. The predicted octanol–water partition coefficient (Wildman–Crippen LogP) is 4.37. The van der Waals surface area contributed by atoms with Crippen LogP contribution in [0, 0.1) is 0 Å². The first kappa shape index (κ1) is 15.2. The van der Waals surface area contributed by atoms with E-state index >= 15 is 0 Å². The van der Waals surface area contributed by atoms with Gasteiger partial charge in [0.25, 0.3) is 0 Å². The fourth-order valence-corrected chi connectivity index (χ4v) is 2.12. The highest BCUT2D eigenvalue weighted by Gasteiger charge is 2.16. The summed E-state index contributed by atoms with van der Waals surface area (Å²) in [6, 6.07) is 11.7. The molecule has 1 aromatic carbocycles. The van der Waals surface area contributed by atoms with Gasteiger partial charge in [-0.3, -0.25) is 4.98 Å². The van der Waals surface area contributed by atoms with E-state index in [-0.39, 0.29) is 5.60 Å². The molecule has 4 heteroatoms. The lowest BCUT2D eigenvalue weighted by Gasteiger charge is -2.21. The largest absolute Gasteiger partial charge is 0.470 e. The summed E-state index contributed by atoms with van der Waals surface area (Å²) in [6.45, 7) is 6.00. The first-order chi connectivity index (χ1) is 11.0. The van der Waals surface area contributed by atoms with E-state index in [0.29, 0.717) is 11.6 Å². The van der Waals surface area contributed by atoms with E-state index in [1.807, 2.05) is 69.3 Å². The Labute approximate surface area is 135 Å². The maximum absolute atomic E-state index is 5.99. The first-order valence-corrected chi connectivity index (χ1v) is 7.55. The summed E-state index contributed by atoms with van der Waals surface area (Å²) < 4.78 is 5.99. The Morgan fingerprint density at radius 3 is 2.30 bits per heavy atom. The number of rotatable bonds is 3. The van der Waals surface area contributed by atoms with Gasteiger partial charge < -0.3 is 4.74 Å². The molecule has 0 radical (unpaired) electrons. The standard InChI is InChI=1S/C19H19N3O/c1-19(2,3)23-18-17(11-10-14-7-6-12-20-13-14)21-15-8-4-5-9-16(15)22-18/h4-13H,1-3H3/b11-10+. The van der Waals surface area contributed by atoms with Crippen LogP contribution < -0.4 is 4.74 Å². The number of pyridine rings is 1. The van der Waals surface area contributed by atoms with Crippen LogP contribution in [0.15, 0.2) is 48.8 Å². The second kappa shape index (κ2) is 6.16. The van der Waals surface area contributed by atoms with Gasteiger partial charge in [0.05, 0.1) is 11.0 Å². The molecule has 0 N–H and O–H groups in total. The topological polar surface area (TPSA) is 47.9 Å². The zero-order valence-electron chi connectivity index (χ0n) is 13.5. The molecule has 0 aliphatic heterocycles. The Kier molecular flexibility index (Phi) is 4.06. The van der Waals surface area contributed by atoms with Crippen LogP contribution in [-0.4, -0.2) is 20.6 Å². The van der Waals surface area contributed by atoms with Crippen molar-refractivity contribution in [3.8, 4) is 5.88 Å². The third kappa shape index (κ3) is 3.92. The summed E-state index contributed by atoms with van der Waals surface area (Å²) in [4.78, 5) is 13.4. The molecule has 0 fully saturated rings. The average molecular weight is 305 g/mol. The zero-order valence-corrected chi connectivity index (χ0v) is 13.5.